The lowest BCUT2D eigenvalue weighted by Crippen LogP contribution is -2.29. The van der Waals surface area contributed by atoms with Crippen LogP contribution < -0.4 is 0 Å². The zero-order valence-corrected chi connectivity index (χ0v) is 14.1. The van der Waals surface area contributed by atoms with Crippen molar-refractivity contribution < 1.29 is 9.21 Å². The van der Waals surface area contributed by atoms with Gasteiger partial charge in [0, 0.05) is 49.5 Å². The molecule has 1 fully saturated rings. The van der Waals surface area contributed by atoms with Crippen LogP contribution in [0, 0.1) is 12.8 Å². The molecule has 0 aliphatic carbocycles. The molecular weight excluding hydrogens is 316 g/mol. The van der Waals surface area contributed by atoms with Crippen molar-refractivity contribution in [2.75, 3.05) is 13.1 Å². The Labute approximate surface area is 146 Å². The molecule has 6 nitrogen and oxygen atoms in total. The van der Waals surface area contributed by atoms with Crippen LogP contribution in [-0.4, -0.2) is 38.4 Å². The SMILES string of the molecule is Cc1cnc(-c2cccnc2)n1CC1CCN(C(=O)c2ccco2)C1. The Balaban J connectivity index is 1.49. The Morgan fingerprint density at radius 3 is 3.00 bits per heavy atom. The summed E-state index contributed by atoms with van der Waals surface area (Å²) in [6.45, 7) is 4.41. The van der Waals surface area contributed by atoms with E-state index in [1.165, 1.54) is 6.26 Å². The quantitative estimate of drug-likeness (QED) is 0.735. The Morgan fingerprint density at radius 1 is 1.32 bits per heavy atom. The summed E-state index contributed by atoms with van der Waals surface area (Å²) in [5.74, 6) is 1.72. The van der Waals surface area contributed by atoms with Gasteiger partial charge in [-0.15, -0.1) is 0 Å². The Hall–Kier alpha value is -2.89. The molecule has 6 heteroatoms. The van der Waals surface area contributed by atoms with Crippen molar-refractivity contribution in [3.63, 3.8) is 0 Å². The first-order valence-corrected chi connectivity index (χ1v) is 8.47. The molecule has 4 rings (SSSR count). The summed E-state index contributed by atoms with van der Waals surface area (Å²) in [6, 6.07) is 7.40. The standard InChI is InChI=1S/C19H20N4O2/c1-14-10-21-18(16-4-2-7-20-11-16)23(14)13-15-6-8-22(12-15)19(24)17-5-3-9-25-17/h2-5,7,9-11,15H,6,8,12-13H2,1H3. The van der Waals surface area contributed by atoms with Gasteiger partial charge in [-0.25, -0.2) is 4.98 Å². The molecular formula is C19H20N4O2. The lowest BCUT2D eigenvalue weighted by atomic mass is 10.1. The third kappa shape index (κ3) is 3.07. The number of furan rings is 1. The number of rotatable bonds is 4. The number of likely N-dealkylation sites (tertiary alicyclic amines) is 1. The van der Waals surface area contributed by atoms with Gasteiger partial charge in [-0.3, -0.25) is 9.78 Å². The van der Waals surface area contributed by atoms with Crippen molar-refractivity contribution in [1.29, 1.82) is 0 Å². The summed E-state index contributed by atoms with van der Waals surface area (Å²) in [5, 5.41) is 0. The van der Waals surface area contributed by atoms with Crippen LogP contribution in [0.25, 0.3) is 11.4 Å². The maximum absolute atomic E-state index is 12.4. The third-order valence-electron chi connectivity index (χ3n) is 4.72. The molecule has 1 aliphatic heterocycles. The van der Waals surface area contributed by atoms with Crippen molar-refractivity contribution in [2.45, 2.75) is 19.9 Å². The smallest absolute Gasteiger partial charge is 0.289 e. The van der Waals surface area contributed by atoms with Gasteiger partial charge in [-0.05, 0) is 43.5 Å². The molecule has 3 aromatic rings. The number of hydrogen-bond acceptors (Lipinski definition) is 4. The Bertz CT molecular complexity index is 855. The number of carbonyl (C=O) groups excluding carboxylic acids is 1. The van der Waals surface area contributed by atoms with Gasteiger partial charge in [0.15, 0.2) is 5.76 Å². The summed E-state index contributed by atoms with van der Waals surface area (Å²) in [7, 11) is 0. The molecule has 1 amide bonds. The predicted octanol–water partition coefficient (Wildman–Crippen LogP) is 3.01. The number of amides is 1. The summed E-state index contributed by atoms with van der Waals surface area (Å²) < 4.78 is 7.46. The van der Waals surface area contributed by atoms with E-state index < -0.39 is 0 Å². The number of pyridine rings is 1. The topological polar surface area (TPSA) is 64.2 Å². The van der Waals surface area contributed by atoms with Crippen LogP contribution in [0.2, 0.25) is 0 Å². The first kappa shape index (κ1) is 15.6. The molecule has 1 saturated heterocycles. The molecule has 4 heterocycles. The molecule has 1 unspecified atom stereocenters. The molecule has 1 atom stereocenters. The average Bonchev–Trinajstić information content (AvgIpc) is 3.38. The predicted molar refractivity (Wildman–Crippen MR) is 92.9 cm³/mol. The van der Waals surface area contributed by atoms with Crippen molar-refractivity contribution in [3.8, 4) is 11.4 Å². The maximum atomic E-state index is 12.4. The van der Waals surface area contributed by atoms with E-state index in [-0.39, 0.29) is 5.91 Å². The highest BCUT2D eigenvalue weighted by molar-refractivity contribution is 5.91. The van der Waals surface area contributed by atoms with E-state index in [0.29, 0.717) is 11.7 Å². The fourth-order valence-corrected chi connectivity index (χ4v) is 3.40. The van der Waals surface area contributed by atoms with E-state index in [4.69, 9.17) is 4.42 Å². The number of aryl methyl sites for hydroxylation is 1. The lowest BCUT2D eigenvalue weighted by molar-refractivity contribution is 0.0754. The van der Waals surface area contributed by atoms with E-state index in [1.807, 2.05) is 29.4 Å². The summed E-state index contributed by atoms with van der Waals surface area (Å²) in [6.07, 6.45) is 8.01. The van der Waals surface area contributed by atoms with Gasteiger partial charge in [0.25, 0.3) is 5.91 Å². The van der Waals surface area contributed by atoms with Crippen molar-refractivity contribution in [3.05, 3.63) is 60.6 Å². The maximum Gasteiger partial charge on any atom is 0.289 e. The second-order valence-corrected chi connectivity index (χ2v) is 6.46. The van der Waals surface area contributed by atoms with Crippen LogP contribution in [0.3, 0.4) is 0 Å². The highest BCUT2D eigenvalue weighted by atomic mass is 16.3. The van der Waals surface area contributed by atoms with E-state index in [9.17, 15) is 4.79 Å². The summed E-state index contributed by atoms with van der Waals surface area (Å²) in [4.78, 5) is 23.0. The molecule has 0 radical (unpaired) electrons. The van der Waals surface area contributed by atoms with Gasteiger partial charge in [-0.2, -0.15) is 0 Å². The molecule has 0 saturated carbocycles. The monoisotopic (exact) mass is 336 g/mol. The second kappa shape index (κ2) is 6.55. The number of aromatic nitrogens is 3. The highest BCUT2D eigenvalue weighted by Crippen LogP contribution is 2.25. The highest BCUT2D eigenvalue weighted by Gasteiger charge is 2.29. The summed E-state index contributed by atoms with van der Waals surface area (Å²) in [5.41, 5.74) is 2.13. The van der Waals surface area contributed by atoms with Gasteiger partial charge in [0.05, 0.1) is 6.26 Å². The lowest BCUT2D eigenvalue weighted by Gasteiger charge is -2.17. The number of carbonyl (C=O) groups is 1. The Kier molecular flexibility index (Phi) is 4.09. The van der Waals surface area contributed by atoms with Crippen molar-refractivity contribution in [2.24, 2.45) is 5.92 Å². The molecule has 0 spiro atoms. The summed E-state index contributed by atoms with van der Waals surface area (Å²) >= 11 is 0. The van der Waals surface area contributed by atoms with Crippen LogP contribution in [-0.2, 0) is 6.54 Å². The zero-order chi connectivity index (χ0) is 17.2. The minimum Gasteiger partial charge on any atom is -0.459 e. The molecule has 0 N–H and O–H groups in total. The zero-order valence-electron chi connectivity index (χ0n) is 14.1. The molecule has 3 aromatic heterocycles. The first-order chi connectivity index (χ1) is 12.2. The Morgan fingerprint density at radius 2 is 2.24 bits per heavy atom. The van der Waals surface area contributed by atoms with Gasteiger partial charge in [-0.1, -0.05) is 0 Å². The van der Waals surface area contributed by atoms with Crippen molar-refractivity contribution >= 4 is 5.91 Å². The van der Waals surface area contributed by atoms with E-state index in [1.54, 1.807) is 18.3 Å². The fraction of sp³-hybridized carbons (Fsp3) is 0.316. The van der Waals surface area contributed by atoms with Crippen LogP contribution >= 0.6 is 0 Å². The molecule has 25 heavy (non-hydrogen) atoms. The molecule has 0 bridgehead atoms. The van der Waals surface area contributed by atoms with Gasteiger partial charge in [0.1, 0.15) is 5.82 Å². The van der Waals surface area contributed by atoms with Crippen LogP contribution in [0.5, 0.6) is 0 Å². The van der Waals surface area contributed by atoms with Crippen molar-refractivity contribution in [1.82, 2.24) is 19.4 Å². The van der Waals surface area contributed by atoms with Crippen LogP contribution in [0.4, 0.5) is 0 Å². The first-order valence-electron chi connectivity index (χ1n) is 8.47. The van der Waals surface area contributed by atoms with Crippen LogP contribution in [0.1, 0.15) is 22.7 Å². The third-order valence-corrected chi connectivity index (χ3v) is 4.72. The second-order valence-electron chi connectivity index (χ2n) is 6.46. The van der Waals surface area contributed by atoms with E-state index >= 15 is 0 Å². The normalized spacial score (nSPS) is 17.2. The largest absolute Gasteiger partial charge is 0.459 e. The minimum absolute atomic E-state index is 0.0256. The number of nitrogens with zero attached hydrogens (tertiary/aromatic N) is 4. The van der Waals surface area contributed by atoms with Gasteiger partial charge in [0.2, 0.25) is 0 Å². The van der Waals surface area contributed by atoms with Gasteiger partial charge < -0.3 is 13.9 Å². The average molecular weight is 336 g/mol. The van der Waals surface area contributed by atoms with Crippen LogP contribution in [0.15, 0.2) is 53.5 Å². The minimum atomic E-state index is -0.0256. The molecule has 128 valence electrons. The van der Waals surface area contributed by atoms with E-state index in [2.05, 4.69) is 21.5 Å². The number of imidazole rings is 1. The van der Waals surface area contributed by atoms with E-state index in [0.717, 1.165) is 43.1 Å². The fourth-order valence-electron chi connectivity index (χ4n) is 3.40. The molecule has 0 aromatic carbocycles. The van der Waals surface area contributed by atoms with Gasteiger partial charge >= 0.3 is 0 Å². The number of hydrogen-bond donors (Lipinski definition) is 0. The molecule has 1 aliphatic rings.